The van der Waals surface area contributed by atoms with Crippen molar-refractivity contribution in [1.82, 2.24) is 0 Å². The topological polar surface area (TPSA) is 80.6 Å². The number of amides is 1. The Hall–Kier alpha value is -3.47. The number of anilines is 1. The first-order chi connectivity index (χ1) is 15.9. The van der Waals surface area contributed by atoms with Crippen LogP contribution in [0.3, 0.4) is 0 Å². The average molecular weight is 528 g/mol. The van der Waals surface area contributed by atoms with E-state index in [1.807, 2.05) is 30.3 Å². The zero-order valence-corrected chi connectivity index (χ0v) is 20.2. The van der Waals surface area contributed by atoms with Crippen molar-refractivity contribution in [3.63, 3.8) is 0 Å². The number of hydrogen-bond acceptors (Lipinski definition) is 5. The highest BCUT2D eigenvalue weighted by Gasteiger charge is 2.15. The molecule has 1 N–H and O–H groups in total. The zero-order valence-electron chi connectivity index (χ0n) is 17.9. The van der Waals surface area contributed by atoms with Gasteiger partial charge in [-0.05, 0) is 41.5 Å². The summed E-state index contributed by atoms with van der Waals surface area (Å²) in [5, 5.41) is 12.5. The molecule has 0 aliphatic rings. The summed E-state index contributed by atoms with van der Waals surface area (Å²) in [6, 6.07) is 20.0. The summed E-state index contributed by atoms with van der Waals surface area (Å²) < 4.78 is 17.2. The Bertz CT molecular complexity index is 1200. The lowest BCUT2D eigenvalue weighted by molar-refractivity contribution is -0.112. The zero-order chi connectivity index (χ0) is 23.8. The van der Waals surface area contributed by atoms with Crippen LogP contribution in [0.15, 0.2) is 70.7 Å². The summed E-state index contributed by atoms with van der Waals surface area (Å²) in [7, 11) is 2.92. The molecule has 3 aromatic carbocycles. The van der Waals surface area contributed by atoms with E-state index in [9.17, 15) is 10.1 Å². The summed E-state index contributed by atoms with van der Waals surface area (Å²) in [6.45, 7) is 0.431. The first kappa shape index (κ1) is 24.2. The smallest absolute Gasteiger partial charge is 0.266 e. The van der Waals surface area contributed by atoms with Crippen molar-refractivity contribution in [1.29, 1.82) is 5.26 Å². The molecule has 0 aliphatic heterocycles. The van der Waals surface area contributed by atoms with Gasteiger partial charge in [-0.3, -0.25) is 4.79 Å². The van der Waals surface area contributed by atoms with Gasteiger partial charge in [-0.2, -0.15) is 5.26 Å². The van der Waals surface area contributed by atoms with Crippen LogP contribution in [-0.4, -0.2) is 20.1 Å². The molecular weight excluding hydrogens is 508 g/mol. The van der Waals surface area contributed by atoms with Crippen molar-refractivity contribution in [2.75, 3.05) is 19.5 Å². The molecule has 3 rings (SSSR count). The minimum absolute atomic E-state index is 0.0745. The van der Waals surface area contributed by atoms with Gasteiger partial charge in [-0.25, -0.2) is 0 Å². The second-order valence-electron chi connectivity index (χ2n) is 6.80. The molecule has 1 amide bonds. The van der Waals surface area contributed by atoms with Gasteiger partial charge >= 0.3 is 0 Å². The maximum Gasteiger partial charge on any atom is 0.266 e. The summed E-state index contributed by atoms with van der Waals surface area (Å²) in [4.78, 5) is 12.7. The van der Waals surface area contributed by atoms with Crippen LogP contribution in [-0.2, 0) is 11.4 Å². The van der Waals surface area contributed by atoms with Crippen molar-refractivity contribution in [3.8, 4) is 23.3 Å². The number of carbonyl (C=O) groups is 1. The number of methoxy groups -OCH3 is 2. The molecule has 8 heteroatoms. The van der Waals surface area contributed by atoms with E-state index in [1.165, 1.54) is 32.4 Å². The Morgan fingerprint density at radius 3 is 2.33 bits per heavy atom. The van der Waals surface area contributed by atoms with Crippen molar-refractivity contribution in [2.45, 2.75) is 6.61 Å². The van der Waals surface area contributed by atoms with Crippen molar-refractivity contribution in [3.05, 3.63) is 86.9 Å². The number of hydrogen-bond donors (Lipinski definition) is 1. The van der Waals surface area contributed by atoms with Crippen LogP contribution in [0.1, 0.15) is 11.1 Å². The molecule has 0 atom stereocenters. The summed E-state index contributed by atoms with van der Waals surface area (Å²) in [5.74, 6) is 0.805. The number of benzene rings is 3. The number of halogens is 2. The molecule has 0 aliphatic carbocycles. The molecule has 33 heavy (non-hydrogen) atoms. The normalized spacial score (nSPS) is 10.8. The standard InChI is InChI=1S/C25H20BrClN2O4/c1-31-23-13-22(24(32-2)12-21(23)27)29-25(30)18(14-28)11-16-5-9-20(10-6-16)33-15-17-3-7-19(26)8-4-17/h3-13H,15H2,1-2H3,(H,29,30)/b18-11+. The summed E-state index contributed by atoms with van der Waals surface area (Å²) >= 11 is 9.50. The lowest BCUT2D eigenvalue weighted by Crippen LogP contribution is -2.14. The second-order valence-corrected chi connectivity index (χ2v) is 8.12. The highest BCUT2D eigenvalue weighted by molar-refractivity contribution is 9.10. The van der Waals surface area contributed by atoms with Crippen LogP contribution < -0.4 is 19.5 Å². The third-order valence-electron chi connectivity index (χ3n) is 4.60. The quantitative estimate of drug-likeness (QED) is 0.277. The fraction of sp³-hybridized carbons (Fsp3) is 0.120. The Balaban J connectivity index is 1.70. The first-order valence-corrected chi connectivity index (χ1v) is 10.9. The van der Waals surface area contributed by atoms with Gasteiger partial charge in [-0.15, -0.1) is 0 Å². The predicted octanol–water partition coefficient (Wildman–Crippen LogP) is 6.24. The minimum Gasteiger partial charge on any atom is -0.495 e. The fourth-order valence-electron chi connectivity index (χ4n) is 2.87. The molecule has 3 aromatic rings. The molecule has 0 radical (unpaired) electrons. The molecule has 0 aromatic heterocycles. The van der Waals surface area contributed by atoms with E-state index in [2.05, 4.69) is 21.2 Å². The third-order valence-corrected chi connectivity index (χ3v) is 5.42. The molecular formula is C25H20BrClN2O4. The van der Waals surface area contributed by atoms with Gasteiger partial charge in [0.05, 0.1) is 24.9 Å². The van der Waals surface area contributed by atoms with Crippen molar-refractivity contribution in [2.24, 2.45) is 0 Å². The average Bonchev–Trinajstić information content (AvgIpc) is 2.83. The SMILES string of the molecule is COc1cc(NC(=O)/C(C#N)=C/c2ccc(OCc3ccc(Br)cc3)cc2)c(OC)cc1Cl. The Morgan fingerprint density at radius 2 is 1.73 bits per heavy atom. The van der Waals surface area contributed by atoms with Gasteiger partial charge in [0.2, 0.25) is 0 Å². The number of rotatable bonds is 8. The monoisotopic (exact) mass is 526 g/mol. The maximum atomic E-state index is 12.7. The van der Waals surface area contributed by atoms with Crippen LogP contribution in [0.2, 0.25) is 5.02 Å². The van der Waals surface area contributed by atoms with Gasteiger partial charge in [0, 0.05) is 16.6 Å². The van der Waals surface area contributed by atoms with Crippen molar-refractivity contribution >= 4 is 45.2 Å². The van der Waals surface area contributed by atoms with E-state index in [1.54, 1.807) is 24.3 Å². The van der Waals surface area contributed by atoms with Crippen LogP contribution in [0.25, 0.3) is 6.08 Å². The van der Waals surface area contributed by atoms with E-state index < -0.39 is 5.91 Å². The Morgan fingerprint density at radius 1 is 1.06 bits per heavy atom. The van der Waals surface area contributed by atoms with Gasteiger partial charge in [-0.1, -0.05) is 51.8 Å². The lowest BCUT2D eigenvalue weighted by Gasteiger charge is -2.13. The number of nitrogens with one attached hydrogen (secondary N) is 1. The molecule has 0 bridgehead atoms. The second kappa shape index (κ2) is 11.4. The molecule has 0 saturated heterocycles. The molecule has 168 valence electrons. The summed E-state index contributed by atoms with van der Waals surface area (Å²) in [5.41, 5.74) is 1.98. The molecule has 0 heterocycles. The van der Waals surface area contributed by atoms with Crippen LogP contribution in [0.4, 0.5) is 5.69 Å². The lowest BCUT2D eigenvalue weighted by atomic mass is 10.1. The van der Waals surface area contributed by atoms with Crippen LogP contribution in [0, 0.1) is 11.3 Å². The largest absolute Gasteiger partial charge is 0.495 e. The number of carbonyl (C=O) groups excluding carboxylic acids is 1. The third kappa shape index (κ3) is 6.51. The van der Waals surface area contributed by atoms with Crippen molar-refractivity contribution < 1.29 is 19.0 Å². The van der Waals surface area contributed by atoms with Gasteiger partial charge in [0.25, 0.3) is 5.91 Å². The molecule has 0 unspecified atom stereocenters. The van der Waals surface area contributed by atoms with Crippen LogP contribution >= 0.6 is 27.5 Å². The Labute approximate surface area is 205 Å². The molecule has 0 saturated carbocycles. The van der Waals surface area contributed by atoms with Gasteiger partial charge in [0.1, 0.15) is 35.5 Å². The number of nitriles is 1. The van der Waals surface area contributed by atoms with E-state index in [4.69, 9.17) is 25.8 Å². The van der Waals surface area contributed by atoms with Gasteiger partial charge in [0.15, 0.2) is 0 Å². The van der Waals surface area contributed by atoms with E-state index in [-0.39, 0.29) is 5.57 Å². The van der Waals surface area contributed by atoms with Crippen LogP contribution in [0.5, 0.6) is 17.2 Å². The van der Waals surface area contributed by atoms with E-state index in [0.29, 0.717) is 40.1 Å². The van der Waals surface area contributed by atoms with E-state index in [0.717, 1.165) is 10.0 Å². The maximum absolute atomic E-state index is 12.7. The number of ether oxygens (including phenoxy) is 3. The highest BCUT2D eigenvalue weighted by Crippen LogP contribution is 2.36. The molecule has 6 nitrogen and oxygen atoms in total. The predicted molar refractivity (Wildman–Crippen MR) is 132 cm³/mol. The van der Waals surface area contributed by atoms with E-state index >= 15 is 0 Å². The van der Waals surface area contributed by atoms with Gasteiger partial charge < -0.3 is 19.5 Å². The highest BCUT2D eigenvalue weighted by atomic mass is 79.9. The summed E-state index contributed by atoms with van der Waals surface area (Å²) in [6.07, 6.45) is 1.49. The minimum atomic E-state index is -0.587. The fourth-order valence-corrected chi connectivity index (χ4v) is 3.37. The first-order valence-electron chi connectivity index (χ1n) is 9.75. The molecule has 0 spiro atoms. The molecule has 0 fully saturated rings. The Kier molecular flexibility index (Phi) is 8.36. The number of nitrogens with zero attached hydrogens (tertiary/aromatic N) is 1.